The molecule has 6 heteroatoms. The van der Waals surface area contributed by atoms with Gasteiger partial charge in [-0.25, -0.2) is 4.98 Å². The second-order valence-electron chi connectivity index (χ2n) is 7.73. The van der Waals surface area contributed by atoms with Gasteiger partial charge in [-0.05, 0) is 45.0 Å². The molecular weight excluding hydrogens is 340 g/mol. The van der Waals surface area contributed by atoms with E-state index < -0.39 is 0 Å². The highest BCUT2D eigenvalue weighted by Gasteiger charge is 2.24. The lowest BCUT2D eigenvalue weighted by Gasteiger charge is -2.36. The Bertz CT molecular complexity index is 806. The van der Waals surface area contributed by atoms with Gasteiger partial charge < -0.3 is 15.1 Å². The maximum absolute atomic E-state index is 12.8. The third-order valence-electron chi connectivity index (χ3n) is 4.38. The molecule has 0 aliphatic carbocycles. The van der Waals surface area contributed by atoms with Gasteiger partial charge in [-0.1, -0.05) is 24.3 Å². The molecule has 142 valence electrons. The number of nitrogens with zero attached hydrogens (tertiary/aromatic N) is 3. The van der Waals surface area contributed by atoms with Crippen LogP contribution in [-0.4, -0.2) is 53.4 Å². The predicted octanol–water partition coefficient (Wildman–Crippen LogP) is 2.57. The van der Waals surface area contributed by atoms with Crippen LogP contribution in [-0.2, 0) is 0 Å². The number of amides is 2. The van der Waals surface area contributed by atoms with Crippen LogP contribution in [0.1, 0.15) is 41.7 Å². The number of anilines is 1. The Morgan fingerprint density at radius 1 is 0.889 bits per heavy atom. The highest BCUT2D eigenvalue weighted by molar-refractivity contribution is 5.96. The highest BCUT2D eigenvalue weighted by Crippen LogP contribution is 2.16. The molecule has 0 atom stereocenters. The molecule has 1 aliphatic rings. The van der Waals surface area contributed by atoms with Crippen LogP contribution in [0.3, 0.4) is 0 Å². The predicted molar refractivity (Wildman–Crippen MR) is 106 cm³/mol. The van der Waals surface area contributed by atoms with E-state index in [0.717, 1.165) is 13.1 Å². The standard InChI is InChI=1S/C21H26N4O2/c1-21(2,3)23-19(26)17-10-7-11-18(22-17)20(27)25-14-12-24(13-15-25)16-8-5-4-6-9-16/h4-11H,12-15H2,1-3H3,(H,23,26). The fourth-order valence-corrected chi connectivity index (χ4v) is 3.05. The molecule has 0 radical (unpaired) electrons. The van der Waals surface area contributed by atoms with E-state index in [2.05, 4.69) is 27.3 Å². The summed E-state index contributed by atoms with van der Waals surface area (Å²) in [4.78, 5) is 33.5. The first kappa shape index (κ1) is 18.9. The minimum atomic E-state index is -0.355. The van der Waals surface area contributed by atoms with Gasteiger partial charge >= 0.3 is 0 Å². The SMILES string of the molecule is CC(C)(C)NC(=O)c1cccc(C(=O)N2CCN(c3ccccc3)CC2)n1. The van der Waals surface area contributed by atoms with Crippen molar-refractivity contribution in [3.05, 3.63) is 59.9 Å². The molecule has 0 bridgehead atoms. The lowest BCUT2D eigenvalue weighted by atomic mass is 10.1. The average molecular weight is 366 g/mol. The monoisotopic (exact) mass is 366 g/mol. The van der Waals surface area contributed by atoms with Crippen LogP contribution in [0.5, 0.6) is 0 Å². The molecule has 6 nitrogen and oxygen atoms in total. The van der Waals surface area contributed by atoms with Gasteiger partial charge in [0.2, 0.25) is 0 Å². The normalized spacial score (nSPS) is 14.8. The maximum Gasteiger partial charge on any atom is 0.272 e. The number of hydrogen-bond donors (Lipinski definition) is 1. The molecule has 1 aromatic heterocycles. The molecule has 3 rings (SSSR count). The van der Waals surface area contributed by atoms with Gasteiger partial charge in [0.25, 0.3) is 11.8 Å². The zero-order chi connectivity index (χ0) is 19.4. The smallest absolute Gasteiger partial charge is 0.272 e. The van der Waals surface area contributed by atoms with Crippen molar-refractivity contribution >= 4 is 17.5 Å². The summed E-state index contributed by atoms with van der Waals surface area (Å²) in [6.07, 6.45) is 0. The molecule has 1 saturated heterocycles. The van der Waals surface area contributed by atoms with E-state index in [1.165, 1.54) is 5.69 Å². The van der Waals surface area contributed by atoms with E-state index in [1.54, 1.807) is 23.1 Å². The van der Waals surface area contributed by atoms with Crippen molar-refractivity contribution in [2.45, 2.75) is 26.3 Å². The molecule has 2 heterocycles. The van der Waals surface area contributed by atoms with Crippen LogP contribution in [0.2, 0.25) is 0 Å². The summed E-state index contributed by atoms with van der Waals surface area (Å²) in [5.41, 5.74) is 1.39. The van der Waals surface area contributed by atoms with Gasteiger partial charge in [0, 0.05) is 37.4 Å². The van der Waals surface area contributed by atoms with Crippen molar-refractivity contribution in [1.82, 2.24) is 15.2 Å². The number of piperazine rings is 1. The number of carbonyl (C=O) groups is 2. The Labute approximate surface area is 160 Å². The summed E-state index contributed by atoms with van der Waals surface area (Å²) in [5.74, 6) is -0.404. The molecule has 1 aromatic carbocycles. The molecule has 0 saturated carbocycles. The largest absolute Gasteiger partial charge is 0.368 e. The topological polar surface area (TPSA) is 65.5 Å². The van der Waals surface area contributed by atoms with Gasteiger partial charge in [0.15, 0.2) is 0 Å². The number of pyridine rings is 1. The van der Waals surface area contributed by atoms with Gasteiger partial charge in [0.1, 0.15) is 11.4 Å². The van der Waals surface area contributed by atoms with Crippen molar-refractivity contribution < 1.29 is 9.59 Å². The Kier molecular flexibility index (Phi) is 5.44. The summed E-state index contributed by atoms with van der Waals surface area (Å²) in [7, 11) is 0. The van der Waals surface area contributed by atoms with Crippen LogP contribution in [0.4, 0.5) is 5.69 Å². The summed E-state index contributed by atoms with van der Waals surface area (Å²) in [5, 5.41) is 2.87. The van der Waals surface area contributed by atoms with Crippen molar-refractivity contribution in [3.8, 4) is 0 Å². The highest BCUT2D eigenvalue weighted by atomic mass is 16.2. The first-order valence-corrected chi connectivity index (χ1v) is 9.22. The van der Waals surface area contributed by atoms with Crippen molar-refractivity contribution in [3.63, 3.8) is 0 Å². The lowest BCUT2D eigenvalue weighted by molar-refractivity contribution is 0.0740. The van der Waals surface area contributed by atoms with E-state index in [4.69, 9.17) is 0 Å². The second kappa shape index (κ2) is 7.78. The first-order chi connectivity index (χ1) is 12.8. The molecule has 2 amide bonds. The summed E-state index contributed by atoms with van der Waals surface area (Å²) < 4.78 is 0. The Hall–Kier alpha value is -2.89. The molecule has 1 aliphatic heterocycles. The van der Waals surface area contributed by atoms with Crippen molar-refractivity contribution in [2.24, 2.45) is 0 Å². The third-order valence-corrected chi connectivity index (χ3v) is 4.38. The lowest BCUT2D eigenvalue weighted by Crippen LogP contribution is -2.49. The molecule has 0 unspecified atom stereocenters. The number of hydrogen-bond acceptors (Lipinski definition) is 4. The van der Waals surface area contributed by atoms with Crippen molar-refractivity contribution in [2.75, 3.05) is 31.1 Å². The van der Waals surface area contributed by atoms with Gasteiger partial charge in [-0.3, -0.25) is 9.59 Å². The number of benzene rings is 1. The Morgan fingerprint density at radius 2 is 1.52 bits per heavy atom. The Balaban J connectivity index is 1.65. The average Bonchev–Trinajstić information content (AvgIpc) is 2.67. The minimum Gasteiger partial charge on any atom is -0.368 e. The van der Waals surface area contributed by atoms with E-state index in [9.17, 15) is 9.59 Å². The van der Waals surface area contributed by atoms with Crippen LogP contribution >= 0.6 is 0 Å². The van der Waals surface area contributed by atoms with Crippen molar-refractivity contribution in [1.29, 1.82) is 0 Å². The van der Waals surface area contributed by atoms with Crippen LogP contribution in [0.25, 0.3) is 0 Å². The zero-order valence-electron chi connectivity index (χ0n) is 16.1. The quantitative estimate of drug-likeness (QED) is 0.907. The molecule has 0 spiro atoms. The number of para-hydroxylation sites is 1. The molecule has 1 fully saturated rings. The van der Waals surface area contributed by atoms with E-state index >= 15 is 0 Å². The van der Waals surface area contributed by atoms with Gasteiger partial charge in [-0.15, -0.1) is 0 Å². The van der Waals surface area contributed by atoms with Crippen LogP contribution < -0.4 is 10.2 Å². The van der Waals surface area contributed by atoms with E-state index in [1.807, 2.05) is 39.0 Å². The Morgan fingerprint density at radius 3 is 2.15 bits per heavy atom. The summed E-state index contributed by atoms with van der Waals surface area (Å²) >= 11 is 0. The second-order valence-corrected chi connectivity index (χ2v) is 7.73. The molecule has 2 aromatic rings. The zero-order valence-corrected chi connectivity index (χ0v) is 16.1. The summed E-state index contributed by atoms with van der Waals surface area (Å²) in [6.45, 7) is 8.55. The first-order valence-electron chi connectivity index (χ1n) is 9.22. The molecule has 27 heavy (non-hydrogen) atoms. The van der Waals surface area contributed by atoms with E-state index in [0.29, 0.717) is 18.8 Å². The molecular formula is C21H26N4O2. The minimum absolute atomic E-state index is 0.131. The fraction of sp³-hybridized carbons (Fsp3) is 0.381. The van der Waals surface area contributed by atoms with Gasteiger partial charge in [-0.2, -0.15) is 0 Å². The van der Waals surface area contributed by atoms with Crippen LogP contribution in [0.15, 0.2) is 48.5 Å². The number of aromatic nitrogens is 1. The third kappa shape index (κ3) is 4.84. The number of rotatable bonds is 3. The van der Waals surface area contributed by atoms with Gasteiger partial charge in [0.05, 0.1) is 0 Å². The maximum atomic E-state index is 12.8. The number of nitrogens with one attached hydrogen (secondary N) is 1. The molecule has 1 N–H and O–H groups in total. The summed E-state index contributed by atoms with van der Waals surface area (Å²) in [6, 6.07) is 15.2. The van der Waals surface area contributed by atoms with E-state index in [-0.39, 0.29) is 23.0 Å². The fourth-order valence-electron chi connectivity index (χ4n) is 3.05. The van der Waals surface area contributed by atoms with Crippen LogP contribution in [0, 0.1) is 0 Å². The number of carbonyl (C=O) groups excluding carboxylic acids is 2.